The van der Waals surface area contributed by atoms with Gasteiger partial charge in [-0.3, -0.25) is 4.98 Å². The maximum absolute atomic E-state index is 5.25. The van der Waals surface area contributed by atoms with Gasteiger partial charge in [0.05, 0.1) is 12.8 Å². The third-order valence-corrected chi connectivity index (χ3v) is 3.23. The molecule has 0 radical (unpaired) electrons. The Kier molecular flexibility index (Phi) is 4.53. The van der Waals surface area contributed by atoms with Crippen molar-refractivity contribution in [2.24, 2.45) is 0 Å². The Labute approximate surface area is 114 Å². The van der Waals surface area contributed by atoms with Gasteiger partial charge in [0.15, 0.2) is 0 Å². The van der Waals surface area contributed by atoms with E-state index in [2.05, 4.69) is 36.3 Å². The summed E-state index contributed by atoms with van der Waals surface area (Å²) in [5.41, 5.74) is 2.26. The largest absolute Gasteiger partial charge is 0.497 e. The highest BCUT2D eigenvalue weighted by Gasteiger charge is 2.12. The molecule has 0 aliphatic heterocycles. The predicted octanol–water partition coefficient (Wildman–Crippen LogP) is 3.50. The van der Waals surface area contributed by atoms with E-state index in [0.717, 1.165) is 11.4 Å². The second-order valence-corrected chi connectivity index (χ2v) is 4.64. The van der Waals surface area contributed by atoms with E-state index >= 15 is 0 Å². The highest BCUT2D eigenvalue weighted by atomic mass is 16.5. The van der Waals surface area contributed by atoms with Crippen LogP contribution in [0.4, 0.5) is 0 Å². The number of hydrogen-bond donors (Lipinski definition) is 1. The molecule has 0 spiro atoms. The molecule has 0 fully saturated rings. The molecule has 100 valence electrons. The number of aromatic nitrogens is 1. The van der Waals surface area contributed by atoms with E-state index in [1.807, 2.05) is 36.5 Å². The second-order valence-electron chi connectivity index (χ2n) is 4.64. The lowest BCUT2D eigenvalue weighted by atomic mass is 10.1. The van der Waals surface area contributed by atoms with Gasteiger partial charge in [-0.1, -0.05) is 18.2 Å². The van der Waals surface area contributed by atoms with Gasteiger partial charge in [0.25, 0.3) is 0 Å². The van der Waals surface area contributed by atoms with Crippen LogP contribution in [0.15, 0.2) is 48.7 Å². The molecule has 0 saturated heterocycles. The van der Waals surface area contributed by atoms with Gasteiger partial charge < -0.3 is 10.1 Å². The van der Waals surface area contributed by atoms with Crippen molar-refractivity contribution in [2.45, 2.75) is 25.9 Å². The summed E-state index contributed by atoms with van der Waals surface area (Å²) in [7, 11) is 1.69. The number of benzene rings is 1. The molecule has 0 bridgehead atoms. The molecule has 1 unspecified atom stereocenters. The molecule has 2 rings (SSSR count). The second kappa shape index (κ2) is 6.34. The number of nitrogens with zero attached hydrogens (tertiary/aromatic N) is 1. The van der Waals surface area contributed by atoms with E-state index < -0.39 is 0 Å². The Morgan fingerprint density at radius 3 is 2.58 bits per heavy atom. The van der Waals surface area contributed by atoms with Gasteiger partial charge in [-0.15, -0.1) is 0 Å². The lowest BCUT2D eigenvalue weighted by molar-refractivity contribution is 0.412. The highest BCUT2D eigenvalue weighted by Crippen LogP contribution is 2.21. The molecule has 1 heterocycles. The number of rotatable bonds is 5. The van der Waals surface area contributed by atoms with Crippen LogP contribution >= 0.6 is 0 Å². The fourth-order valence-electron chi connectivity index (χ4n) is 2.10. The van der Waals surface area contributed by atoms with Crippen LogP contribution in [0.5, 0.6) is 5.75 Å². The molecular weight excluding hydrogens is 236 g/mol. The molecule has 0 amide bonds. The molecule has 1 N–H and O–H groups in total. The predicted molar refractivity (Wildman–Crippen MR) is 77.2 cm³/mol. The van der Waals surface area contributed by atoms with Crippen molar-refractivity contribution in [1.29, 1.82) is 0 Å². The van der Waals surface area contributed by atoms with E-state index in [1.165, 1.54) is 5.56 Å². The van der Waals surface area contributed by atoms with Crippen molar-refractivity contribution in [3.8, 4) is 5.75 Å². The van der Waals surface area contributed by atoms with Crippen LogP contribution in [-0.2, 0) is 0 Å². The summed E-state index contributed by atoms with van der Waals surface area (Å²) in [5, 5.41) is 3.55. The number of hydrogen-bond acceptors (Lipinski definition) is 3. The van der Waals surface area contributed by atoms with Crippen molar-refractivity contribution in [3.63, 3.8) is 0 Å². The highest BCUT2D eigenvalue weighted by molar-refractivity contribution is 5.30. The van der Waals surface area contributed by atoms with E-state index in [-0.39, 0.29) is 12.1 Å². The van der Waals surface area contributed by atoms with Gasteiger partial charge >= 0.3 is 0 Å². The number of nitrogens with one attached hydrogen (secondary N) is 1. The van der Waals surface area contributed by atoms with E-state index in [9.17, 15) is 0 Å². The van der Waals surface area contributed by atoms with Gasteiger partial charge in [-0.2, -0.15) is 0 Å². The van der Waals surface area contributed by atoms with Crippen molar-refractivity contribution >= 4 is 0 Å². The molecule has 2 aromatic rings. The molecule has 1 aromatic heterocycles. The zero-order valence-electron chi connectivity index (χ0n) is 11.6. The van der Waals surface area contributed by atoms with Crippen molar-refractivity contribution in [3.05, 3.63) is 59.9 Å². The summed E-state index contributed by atoms with van der Waals surface area (Å²) in [6.45, 7) is 4.27. The van der Waals surface area contributed by atoms with Crippen LogP contribution in [-0.4, -0.2) is 12.1 Å². The molecule has 3 nitrogen and oxygen atoms in total. The topological polar surface area (TPSA) is 34.1 Å². The van der Waals surface area contributed by atoms with E-state index in [1.54, 1.807) is 7.11 Å². The Hall–Kier alpha value is -1.87. The Morgan fingerprint density at radius 1 is 1.05 bits per heavy atom. The minimum atomic E-state index is 0.211. The van der Waals surface area contributed by atoms with Crippen molar-refractivity contribution < 1.29 is 4.74 Å². The average molecular weight is 256 g/mol. The van der Waals surface area contributed by atoms with Crippen LogP contribution in [0.25, 0.3) is 0 Å². The van der Waals surface area contributed by atoms with E-state index in [0.29, 0.717) is 0 Å². The molecule has 2 atom stereocenters. The van der Waals surface area contributed by atoms with Crippen LogP contribution in [0.3, 0.4) is 0 Å². The van der Waals surface area contributed by atoms with Crippen LogP contribution in [0.2, 0.25) is 0 Å². The summed E-state index contributed by atoms with van der Waals surface area (Å²) < 4.78 is 5.25. The first-order valence-electron chi connectivity index (χ1n) is 6.51. The zero-order valence-corrected chi connectivity index (χ0v) is 11.6. The molecule has 19 heavy (non-hydrogen) atoms. The minimum Gasteiger partial charge on any atom is -0.497 e. The SMILES string of the molecule is COc1cccc([C@H](C)NC(C)c2ccccn2)c1. The standard InChI is InChI=1S/C16H20N2O/c1-12(14-7-6-8-15(11-14)19-3)18-13(2)16-9-4-5-10-17-16/h4-13,18H,1-3H3/t12-,13?/m0/s1. The first-order valence-corrected chi connectivity index (χ1v) is 6.51. The monoisotopic (exact) mass is 256 g/mol. The van der Waals surface area contributed by atoms with Crippen molar-refractivity contribution in [1.82, 2.24) is 10.3 Å². The average Bonchev–Trinajstić information content (AvgIpc) is 2.48. The summed E-state index contributed by atoms with van der Waals surface area (Å²) in [5.74, 6) is 0.886. The van der Waals surface area contributed by atoms with E-state index in [4.69, 9.17) is 4.74 Å². The summed E-state index contributed by atoms with van der Waals surface area (Å²) in [6, 6.07) is 14.6. The molecule has 1 aromatic carbocycles. The third kappa shape index (κ3) is 3.55. The fraction of sp³-hybridized carbons (Fsp3) is 0.312. The third-order valence-electron chi connectivity index (χ3n) is 3.23. The zero-order chi connectivity index (χ0) is 13.7. The van der Waals surface area contributed by atoms with Crippen LogP contribution < -0.4 is 10.1 Å². The lowest BCUT2D eigenvalue weighted by Crippen LogP contribution is -2.23. The van der Waals surface area contributed by atoms with Gasteiger partial charge in [0.2, 0.25) is 0 Å². The van der Waals surface area contributed by atoms with Gasteiger partial charge in [0.1, 0.15) is 5.75 Å². The van der Waals surface area contributed by atoms with Crippen LogP contribution in [0, 0.1) is 0 Å². The maximum Gasteiger partial charge on any atom is 0.119 e. The Morgan fingerprint density at radius 2 is 1.89 bits per heavy atom. The molecule has 0 aliphatic carbocycles. The smallest absolute Gasteiger partial charge is 0.119 e. The summed E-state index contributed by atoms with van der Waals surface area (Å²) in [6.07, 6.45) is 1.82. The van der Waals surface area contributed by atoms with Crippen LogP contribution in [0.1, 0.15) is 37.2 Å². The van der Waals surface area contributed by atoms with Gasteiger partial charge in [-0.05, 0) is 43.7 Å². The molecule has 0 saturated carbocycles. The normalized spacial score (nSPS) is 13.8. The van der Waals surface area contributed by atoms with Gasteiger partial charge in [0, 0.05) is 18.3 Å². The summed E-state index contributed by atoms with van der Waals surface area (Å²) >= 11 is 0. The number of methoxy groups -OCH3 is 1. The first kappa shape index (κ1) is 13.6. The fourth-order valence-corrected chi connectivity index (χ4v) is 2.10. The quantitative estimate of drug-likeness (QED) is 0.889. The maximum atomic E-state index is 5.25. The Bertz CT molecular complexity index is 513. The Balaban J connectivity index is 2.06. The molecular formula is C16H20N2O. The van der Waals surface area contributed by atoms with Crippen molar-refractivity contribution in [2.75, 3.05) is 7.11 Å². The first-order chi connectivity index (χ1) is 9.20. The lowest BCUT2D eigenvalue weighted by Gasteiger charge is -2.20. The molecule has 3 heteroatoms. The van der Waals surface area contributed by atoms with Gasteiger partial charge in [-0.25, -0.2) is 0 Å². The summed E-state index contributed by atoms with van der Waals surface area (Å²) in [4.78, 5) is 4.37. The molecule has 0 aliphatic rings. The minimum absolute atomic E-state index is 0.211. The number of pyridine rings is 1. The number of ether oxygens (including phenoxy) is 1.